The van der Waals surface area contributed by atoms with Crippen molar-refractivity contribution in [3.8, 4) is 0 Å². The summed E-state index contributed by atoms with van der Waals surface area (Å²) in [5.41, 5.74) is 0. The first-order valence-electron chi connectivity index (χ1n) is 10.8. The molecule has 0 spiro atoms. The molecule has 3 rings (SSSR count). The van der Waals surface area contributed by atoms with Gasteiger partial charge in [-0.25, -0.2) is 4.79 Å². The maximum Gasteiger partial charge on any atom is 0.333 e. The summed E-state index contributed by atoms with van der Waals surface area (Å²) in [4.78, 5) is 42.5. The Labute approximate surface area is 157 Å². The number of urea groups is 1. The van der Waals surface area contributed by atoms with E-state index >= 15 is 0 Å². The maximum absolute atomic E-state index is 13.2. The highest BCUT2D eigenvalue weighted by atomic mass is 16.2. The molecule has 26 heavy (non-hydrogen) atoms. The van der Waals surface area contributed by atoms with E-state index in [9.17, 15) is 14.4 Å². The summed E-state index contributed by atoms with van der Waals surface area (Å²) in [5, 5.41) is 0. The van der Waals surface area contributed by atoms with Gasteiger partial charge < -0.3 is 0 Å². The van der Waals surface area contributed by atoms with Crippen LogP contribution in [0.3, 0.4) is 0 Å². The van der Waals surface area contributed by atoms with Gasteiger partial charge in [-0.15, -0.1) is 0 Å². The van der Waals surface area contributed by atoms with E-state index in [1.54, 1.807) is 0 Å². The fraction of sp³-hybridized carbons (Fsp3) is 0.857. The van der Waals surface area contributed by atoms with Crippen LogP contribution < -0.4 is 0 Å². The Morgan fingerprint density at radius 3 is 1.62 bits per heavy atom. The fourth-order valence-electron chi connectivity index (χ4n) is 4.94. The van der Waals surface area contributed by atoms with Gasteiger partial charge in [0.1, 0.15) is 5.92 Å². The molecule has 4 amide bonds. The van der Waals surface area contributed by atoms with Gasteiger partial charge in [0.2, 0.25) is 11.8 Å². The first-order valence-corrected chi connectivity index (χ1v) is 10.8. The van der Waals surface area contributed by atoms with Crippen molar-refractivity contribution in [3.63, 3.8) is 0 Å². The van der Waals surface area contributed by atoms with Gasteiger partial charge in [0.05, 0.1) is 0 Å². The van der Waals surface area contributed by atoms with Crippen molar-refractivity contribution in [2.45, 2.75) is 109 Å². The summed E-state index contributed by atoms with van der Waals surface area (Å²) in [6.45, 7) is 2.12. The van der Waals surface area contributed by atoms with Gasteiger partial charge in [-0.05, 0) is 32.1 Å². The lowest BCUT2D eigenvalue weighted by Gasteiger charge is -2.45. The Morgan fingerprint density at radius 1 is 0.731 bits per heavy atom. The van der Waals surface area contributed by atoms with E-state index in [0.29, 0.717) is 6.42 Å². The Hall–Kier alpha value is -1.39. The number of hydrogen-bond acceptors (Lipinski definition) is 3. The van der Waals surface area contributed by atoms with Gasteiger partial charge in [-0.1, -0.05) is 64.7 Å². The molecule has 3 fully saturated rings. The van der Waals surface area contributed by atoms with E-state index in [0.717, 1.165) is 70.6 Å². The van der Waals surface area contributed by atoms with Crippen LogP contribution in [-0.2, 0) is 9.59 Å². The van der Waals surface area contributed by atoms with E-state index in [1.807, 2.05) is 0 Å². The van der Waals surface area contributed by atoms with Gasteiger partial charge in [-0.3, -0.25) is 19.4 Å². The lowest BCUT2D eigenvalue weighted by Crippen LogP contribution is -2.65. The molecule has 0 atom stereocenters. The fourth-order valence-corrected chi connectivity index (χ4v) is 4.94. The summed E-state index contributed by atoms with van der Waals surface area (Å²) in [5.74, 6) is -1.06. The molecule has 5 heteroatoms. The van der Waals surface area contributed by atoms with Crippen molar-refractivity contribution >= 4 is 17.8 Å². The number of carbonyl (C=O) groups is 3. The normalized spacial score (nSPS) is 24.6. The second kappa shape index (κ2) is 9.01. The minimum absolute atomic E-state index is 0.00313. The Kier molecular flexibility index (Phi) is 6.71. The summed E-state index contributed by atoms with van der Waals surface area (Å²) in [6.07, 6.45) is 13.8. The van der Waals surface area contributed by atoms with Crippen molar-refractivity contribution in [1.29, 1.82) is 0 Å². The van der Waals surface area contributed by atoms with E-state index in [1.165, 1.54) is 22.6 Å². The summed E-state index contributed by atoms with van der Waals surface area (Å²) >= 11 is 0. The largest absolute Gasteiger partial charge is 0.333 e. The smallest absolute Gasteiger partial charge is 0.273 e. The van der Waals surface area contributed by atoms with Crippen molar-refractivity contribution in [2.24, 2.45) is 5.92 Å². The first kappa shape index (κ1) is 19.4. The SMILES string of the molecule is CCCCCC1C(=O)N(C2CCCCC2)C(=O)N(C2CCCCC2)C1=O. The van der Waals surface area contributed by atoms with Gasteiger partial charge in [0.25, 0.3) is 0 Å². The molecule has 2 aliphatic carbocycles. The van der Waals surface area contributed by atoms with E-state index in [-0.39, 0.29) is 29.9 Å². The molecule has 5 nitrogen and oxygen atoms in total. The number of rotatable bonds is 6. The lowest BCUT2D eigenvalue weighted by molar-refractivity contribution is -0.153. The number of imide groups is 2. The molecule has 0 unspecified atom stereocenters. The number of amides is 4. The van der Waals surface area contributed by atoms with E-state index in [4.69, 9.17) is 0 Å². The van der Waals surface area contributed by atoms with Gasteiger partial charge in [-0.2, -0.15) is 0 Å². The predicted octanol–water partition coefficient (Wildman–Crippen LogP) is 4.64. The van der Waals surface area contributed by atoms with Crippen LogP contribution in [0.1, 0.15) is 96.8 Å². The van der Waals surface area contributed by atoms with Crippen LogP contribution in [0, 0.1) is 5.92 Å². The van der Waals surface area contributed by atoms with Crippen molar-refractivity contribution in [1.82, 2.24) is 9.80 Å². The molecular weight excluding hydrogens is 328 g/mol. The minimum Gasteiger partial charge on any atom is -0.273 e. The molecule has 1 aliphatic heterocycles. The topological polar surface area (TPSA) is 57.7 Å². The lowest BCUT2D eigenvalue weighted by atomic mass is 9.88. The molecule has 2 saturated carbocycles. The third-order valence-electron chi connectivity index (χ3n) is 6.46. The van der Waals surface area contributed by atoms with Crippen LogP contribution in [0.25, 0.3) is 0 Å². The number of nitrogens with zero attached hydrogens (tertiary/aromatic N) is 2. The Bertz CT molecular complexity index is 481. The molecule has 0 N–H and O–H groups in total. The molecule has 0 bridgehead atoms. The van der Waals surface area contributed by atoms with E-state index < -0.39 is 5.92 Å². The van der Waals surface area contributed by atoms with Gasteiger partial charge >= 0.3 is 6.03 Å². The standard InChI is InChI=1S/C21H34N2O3/c1-2-3-6-15-18-19(24)22(16-11-7-4-8-12-16)21(26)23(20(18)25)17-13-9-5-10-14-17/h16-18H,2-15H2,1H3. The third kappa shape index (κ3) is 3.96. The monoisotopic (exact) mass is 362 g/mol. The number of hydrogen-bond donors (Lipinski definition) is 0. The Balaban J connectivity index is 1.83. The average Bonchev–Trinajstić information content (AvgIpc) is 2.66. The second-order valence-corrected chi connectivity index (χ2v) is 8.33. The summed E-state index contributed by atoms with van der Waals surface area (Å²) in [6, 6.07) is -0.321. The zero-order chi connectivity index (χ0) is 18.5. The van der Waals surface area contributed by atoms with Gasteiger partial charge in [0, 0.05) is 12.1 Å². The number of unbranched alkanes of at least 4 members (excludes halogenated alkanes) is 2. The highest BCUT2D eigenvalue weighted by Crippen LogP contribution is 2.34. The molecule has 1 saturated heterocycles. The zero-order valence-electron chi connectivity index (χ0n) is 16.3. The molecule has 0 aromatic heterocycles. The van der Waals surface area contributed by atoms with Crippen LogP contribution in [0.2, 0.25) is 0 Å². The van der Waals surface area contributed by atoms with Crippen LogP contribution in [0.4, 0.5) is 4.79 Å². The van der Waals surface area contributed by atoms with Crippen LogP contribution >= 0.6 is 0 Å². The predicted molar refractivity (Wildman–Crippen MR) is 100 cm³/mol. The molecule has 1 heterocycles. The molecule has 0 aromatic carbocycles. The van der Waals surface area contributed by atoms with Crippen LogP contribution in [-0.4, -0.2) is 39.7 Å². The molecule has 0 aromatic rings. The molecule has 3 aliphatic rings. The first-order chi connectivity index (χ1) is 12.6. The quantitative estimate of drug-likeness (QED) is 0.511. The highest BCUT2D eigenvalue weighted by molar-refractivity contribution is 6.16. The maximum atomic E-state index is 13.2. The molecule has 146 valence electrons. The Morgan fingerprint density at radius 2 is 1.19 bits per heavy atom. The second-order valence-electron chi connectivity index (χ2n) is 8.33. The summed E-state index contributed by atoms with van der Waals surface area (Å²) < 4.78 is 0. The minimum atomic E-state index is -0.636. The average molecular weight is 363 g/mol. The van der Waals surface area contributed by atoms with E-state index in [2.05, 4.69) is 6.92 Å². The van der Waals surface area contributed by atoms with Crippen LogP contribution in [0.5, 0.6) is 0 Å². The molecule has 0 radical (unpaired) electrons. The number of barbiturate groups is 1. The van der Waals surface area contributed by atoms with Crippen molar-refractivity contribution < 1.29 is 14.4 Å². The van der Waals surface area contributed by atoms with Gasteiger partial charge in [0.15, 0.2) is 0 Å². The zero-order valence-corrected chi connectivity index (χ0v) is 16.3. The third-order valence-corrected chi connectivity index (χ3v) is 6.46. The molecular formula is C21H34N2O3. The van der Waals surface area contributed by atoms with Crippen molar-refractivity contribution in [3.05, 3.63) is 0 Å². The summed E-state index contributed by atoms with van der Waals surface area (Å²) in [7, 11) is 0. The van der Waals surface area contributed by atoms with Crippen LogP contribution in [0.15, 0.2) is 0 Å². The number of carbonyl (C=O) groups excluding carboxylic acids is 3. The highest BCUT2D eigenvalue weighted by Gasteiger charge is 2.49. The van der Waals surface area contributed by atoms with Crippen molar-refractivity contribution in [2.75, 3.05) is 0 Å².